The summed E-state index contributed by atoms with van der Waals surface area (Å²) in [7, 11) is 0. The molecule has 2 rings (SSSR count). The second-order valence-corrected chi connectivity index (χ2v) is 8.14. The Hall–Kier alpha value is -1.57. The number of hydrogen-bond acceptors (Lipinski definition) is 4. The van der Waals surface area contributed by atoms with E-state index >= 15 is 0 Å². The van der Waals surface area contributed by atoms with Crippen molar-refractivity contribution in [2.24, 2.45) is 0 Å². The number of rotatable bonds is 2. The summed E-state index contributed by atoms with van der Waals surface area (Å²) < 4.78 is 8.08. The number of ether oxygens (including phenoxy) is 1. The third-order valence-electron chi connectivity index (χ3n) is 4.08. The SMILES string of the molecule is Cc1nn(CC(=O)N2CCCN(C(=O)OC(C)(C)C)CC2)c(C)c1Br. The molecule has 140 valence electrons. The summed E-state index contributed by atoms with van der Waals surface area (Å²) in [6.07, 6.45) is 0.426. The molecule has 0 N–H and O–H groups in total. The standard InChI is InChI=1S/C17H27BrN4O3/c1-12-15(18)13(2)22(19-12)11-14(23)20-7-6-8-21(10-9-20)16(24)25-17(3,4)5/h6-11H2,1-5H3. The largest absolute Gasteiger partial charge is 0.444 e. The van der Waals surface area contributed by atoms with Gasteiger partial charge in [0.2, 0.25) is 5.91 Å². The molecule has 2 heterocycles. The van der Waals surface area contributed by atoms with Crippen molar-refractivity contribution in [2.75, 3.05) is 26.2 Å². The molecule has 0 unspecified atom stereocenters. The Kier molecular flexibility index (Phi) is 6.13. The molecule has 1 saturated heterocycles. The minimum atomic E-state index is -0.512. The quantitative estimate of drug-likeness (QED) is 0.745. The highest BCUT2D eigenvalue weighted by atomic mass is 79.9. The molecule has 0 aromatic carbocycles. The third-order valence-corrected chi connectivity index (χ3v) is 5.23. The van der Waals surface area contributed by atoms with Crippen LogP contribution in [-0.2, 0) is 16.1 Å². The molecule has 1 aliphatic heterocycles. The van der Waals surface area contributed by atoms with Crippen LogP contribution in [0.1, 0.15) is 38.6 Å². The van der Waals surface area contributed by atoms with Crippen LogP contribution in [0.25, 0.3) is 0 Å². The normalized spacial score (nSPS) is 15.9. The van der Waals surface area contributed by atoms with Gasteiger partial charge in [0.25, 0.3) is 0 Å². The number of hydrogen-bond donors (Lipinski definition) is 0. The number of nitrogens with zero attached hydrogens (tertiary/aromatic N) is 4. The molecule has 0 atom stereocenters. The fourth-order valence-electron chi connectivity index (χ4n) is 2.73. The Labute approximate surface area is 157 Å². The van der Waals surface area contributed by atoms with Crippen LogP contribution in [0.15, 0.2) is 4.47 Å². The van der Waals surface area contributed by atoms with E-state index in [1.807, 2.05) is 34.6 Å². The molecule has 1 aromatic rings. The predicted molar refractivity (Wildman–Crippen MR) is 98.4 cm³/mol. The maximum Gasteiger partial charge on any atom is 0.410 e. The molecule has 2 amide bonds. The average molecular weight is 415 g/mol. The zero-order valence-electron chi connectivity index (χ0n) is 15.6. The van der Waals surface area contributed by atoms with Crippen LogP contribution in [0.5, 0.6) is 0 Å². The van der Waals surface area contributed by atoms with Gasteiger partial charge in [0.15, 0.2) is 0 Å². The lowest BCUT2D eigenvalue weighted by atomic mass is 10.2. The van der Waals surface area contributed by atoms with Crippen molar-refractivity contribution < 1.29 is 14.3 Å². The molecule has 0 radical (unpaired) electrons. The molecular formula is C17H27BrN4O3. The van der Waals surface area contributed by atoms with Gasteiger partial charge in [0.1, 0.15) is 12.1 Å². The molecule has 0 spiro atoms. The van der Waals surface area contributed by atoms with Gasteiger partial charge in [-0.3, -0.25) is 9.48 Å². The van der Waals surface area contributed by atoms with Crippen molar-refractivity contribution in [3.63, 3.8) is 0 Å². The van der Waals surface area contributed by atoms with E-state index in [1.165, 1.54) is 0 Å². The van der Waals surface area contributed by atoms with E-state index in [9.17, 15) is 9.59 Å². The Morgan fingerprint density at radius 3 is 2.28 bits per heavy atom. The van der Waals surface area contributed by atoms with Crippen LogP contribution in [0.3, 0.4) is 0 Å². The van der Waals surface area contributed by atoms with Gasteiger partial charge >= 0.3 is 6.09 Å². The number of amides is 2. The molecule has 0 saturated carbocycles. The van der Waals surface area contributed by atoms with E-state index < -0.39 is 5.60 Å². The zero-order valence-corrected chi connectivity index (χ0v) is 17.2. The van der Waals surface area contributed by atoms with Gasteiger partial charge < -0.3 is 14.5 Å². The Bertz CT molecular complexity index is 651. The lowest BCUT2D eigenvalue weighted by molar-refractivity contribution is -0.132. The second-order valence-electron chi connectivity index (χ2n) is 7.34. The van der Waals surface area contributed by atoms with Crippen molar-refractivity contribution in [3.8, 4) is 0 Å². The summed E-state index contributed by atoms with van der Waals surface area (Å²) in [5.41, 5.74) is 1.30. The summed E-state index contributed by atoms with van der Waals surface area (Å²) in [5.74, 6) is 0.0177. The summed E-state index contributed by atoms with van der Waals surface area (Å²) in [4.78, 5) is 28.3. The summed E-state index contributed by atoms with van der Waals surface area (Å²) in [6, 6.07) is 0. The fourth-order valence-corrected chi connectivity index (χ4v) is 3.02. The second kappa shape index (κ2) is 7.76. The van der Waals surface area contributed by atoms with Gasteiger partial charge in [0.05, 0.1) is 15.9 Å². The van der Waals surface area contributed by atoms with Gasteiger partial charge in [-0.25, -0.2) is 4.79 Å². The number of halogens is 1. The molecule has 7 nitrogen and oxygen atoms in total. The van der Waals surface area contributed by atoms with Crippen molar-refractivity contribution in [1.29, 1.82) is 0 Å². The van der Waals surface area contributed by atoms with Crippen LogP contribution in [0, 0.1) is 13.8 Å². The lowest BCUT2D eigenvalue weighted by Gasteiger charge is -2.26. The van der Waals surface area contributed by atoms with E-state index in [0.717, 1.165) is 22.3 Å². The van der Waals surface area contributed by atoms with Crippen molar-refractivity contribution in [2.45, 2.75) is 53.2 Å². The maximum atomic E-state index is 12.6. The van der Waals surface area contributed by atoms with Crippen molar-refractivity contribution >= 4 is 27.9 Å². The molecule has 8 heteroatoms. The Balaban J connectivity index is 1.94. The van der Waals surface area contributed by atoms with E-state index in [-0.39, 0.29) is 18.5 Å². The minimum absolute atomic E-state index is 0.0177. The van der Waals surface area contributed by atoms with Gasteiger partial charge in [-0.15, -0.1) is 0 Å². The van der Waals surface area contributed by atoms with Crippen LogP contribution < -0.4 is 0 Å². The van der Waals surface area contributed by atoms with Gasteiger partial charge in [-0.2, -0.15) is 5.10 Å². The summed E-state index contributed by atoms with van der Waals surface area (Å²) >= 11 is 3.48. The summed E-state index contributed by atoms with van der Waals surface area (Å²) in [5, 5.41) is 4.39. The van der Waals surface area contributed by atoms with Gasteiger partial charge in [0, 0.05) is 26.2 Å². The van der Waals surface area contributed by atoms with Crippen molar-refractivity contribution in [1.82, 2.24) is 19.6 Å². The fraction of sp³-hybridized carbons (Fsp3) is 0.706. The predicted octanol–water partition coefficient (Wildman–Crippen LogP) is 2.73. The third kappa shape index (κ3) is 5.20. The van der Waals surface area contributed by atoms with Gasteiger partial charge in [-0.05, 0) is 57.0 Å². The maximum absolute atomic E-state index is 12.6. The molecular weight excluding hydrogens is 388 g/mol. The highest BCUT2D eigenvalue weighted by Crippen LogP contribution is 2.20. The molecule has 25 heavy (non-hydrogen) atoms. The number of carbonyl (C=O) groups excluding carboxylic acids is 2. The zero-order chi connectivity index (χ0) is 18.8. The highest BCUT2D eigenvalue weighted by Gasteiger charge is 2.26. The van der Waals surface area contributed by atoms with Crippen LogP contribution >= 0.6 is 15.9 Å². The van der Waals surface area contributed by atoms with Crippen LogP contribution in [-0.4, -0.2) is 63.4 Å². The molecule has 1 aromatic heterocycles. The van der Waals surface area contributed by atoms with E-state index in [1.54, 1.807) is 14.5 Å². The van der Waals surface area contributed by atoms with Crippen LogP contribution in [0.4, 0.5) is 4.79 Å². The summed E-state index contributed by atoms with van der Waals surface area (Å²) in [6.45, 7) is 11.8. The minimum Gasteiger partial charge on any atom is -0.444 e. The number of carbonyl (C=O) groups is 2. The van der Waals surface area contributed by atoms with E-state index in [2.05, 4.69) is 21.0 Å². The molecule has 0 bridgehead atoms. The first-order chi connectivity index (χ1) is 11.6. The monoisotopic (exact) mass is 414 g/mol. The van der Waals surface area contributed by atoms with Crippen molar-refractivity contribution in [3.05, 3.63) is 15.9 Å². The average Bonchev–Trinajstić information content (AvgIpc) is 2.73. The first-order valence-electron chi connectivity index (χ1n) is 8.53. The van der Waals surface area contributed by atoms with Crippen LogP contribution in [0.2, 0.25) is 0 Å². The Morgan fingerprint density at radius 2 is 1.72 bits per heavy atom. The first-order valence-corrected chi connectivity index (χ1v) is 9.33. The van der Waals surface area contributed by atoms with E-state index in [4.69, 9.17) is 4.74 Å². The topological polar surface area (TPSA) is 67.7 Å². The lowest BCUT2D eigenvalue weighted by Crippen LogP contribution is -2.40. The highest BCUT2D eigenvalue weighted by molar-refractivity contribution is 9.10. The molecule has 1 fully saturated rings. The van der Waals surface area contributed by atoms with E-state index in [0.29, 0.717) is 26.2 Å². The smallest absolute Gasteiger partial charge is 0.410 e. The number of aryl methyl sites for hydroxylation is 1. The molecule has 1 aliphatic rings. The Morgan fingerprint density at radius 1 is 1.12 bits per heavy atom. The first kappa shape index (κ1) is 19.8. The molecule has 0 aliphatic carbocycles. The van der Waals surface area contributed by atoms with Gasteiger partial charge in [-0.1, -0.05) is 0 Å². The number of aromatic nitrogens is 2.